The summed E-state index contributed by atoms with van der Waals surface area (Å²) in [6.45, 7) is 1.70. The zero-order valence-electron chi connectivity index (χ0n) is 11.5. The first-order chi connectivity index (χ1) is 9.49. The summed E-state index contributed by atoms with van der Waals surface area (Å²) in [6, 6.07) is 7.94. The lowest BCUT2D eigenvalue weighted by Crippen LogP contribution is -2.42. The summed E-state index contributed by atoms with van der Waals surface area (Å²) >= 11 is 0. The molecule has 2 N–H and O–H groups in total. The first kappa shape index (κ1) is 15.7. The summed E-state index contributed by atoms with van der Waals surface area (Å²) in [5, 5.41) is 20.5. The number of aliphatic carboxylic acids is 1. The Hall–Kier alpha value is -2.39. The number of para-hydroxylation sites is 1. The second-order valence-corrected chi connectivity index (χ2v) is 4.38. The summed E-state index contributed by atoms with van der Waals surface area (Å²) in [7, 11) is 1.58. The Balaban J connectivity index is 2.69. The molecule has 20 heavy (non-hydrogen) atoms. The maximum absolute atomic E-state index is 11.9. The molecular weight excluding hydrogens is 258 g/mol. The molecule has 0 aromatic heterocycles. The van der Waals surface area contributed by atoms with E-state index in [0.717, 1.165) is 0 Å². The molecule has 0 aliphatic rings. The minimum atomic E-state index is -0.958. The van der Waals surface area contributed by atoms with Crippen LogP contribution in [0.4, 0.5) is 5.69 Å². The molecule has 0 aliphatic heterocycles. The van der Waals surface area contributed by atoms with Crippen LogP contribution in [0.15, 0.2) is 24.3 Å². The van der Waals surface area contributed by atoms with Gasteiger partial charge in [0.1, 0.15) is 12.1 Å². The van der Waals surface area contributed by atoms with Crippen LogP contribution in [0, 0.1) is 11.3 Å². The van der Waals surface area contributed by atoms with Gasteiger partial charge in [-0.25, -0.2) is 0 Å². The van der Waals surface area contributed by atoms with Crippen LogP contribution in [-0.4, -0.2) is 41.5 Å². The van der Waals surface area contributed by atoms with E-state index in [2.05, 4.69) is 5.32 Å². The number of nitriles is 1. The molecule has 6 heteroatoms. The maximum Gasteiger partial charge on any atom is 0.320 e. The Labute approximate surface area is 117 Å². The number of amides is 1. The minimum Gasteiger partial charge on any atom is -0.480 e. The quantitative estimate of drug-likeness (QED) is 0.816. The molecule has 0 aliphatic carbocycles. The second-order valence-electron chi connectivity index (χ2n) is 4.38. The normalized spacial score (nSPS) is 11.7. The Morgan fingerprint density at radius 1 is 1.45 bits per heavy atom. The highest BCUT2D eigenvalue weighted by molar-refractivity contribution is 5.93. The number of carboxylic acid groups (broad SMARTS) is 1. The lowest BCUT2D eigenvalue weighted by molar-refractivity contribution is -0.143. The third kappa shape index (κ3) is 4.07. The van der Waals surface area contributed by atoms with Crippen molar-refractivity contribution in [3.63, 3.8) is 0 Å². The van der Waals surface area contributed by atoms with Crippen LogP contribution < -0.4 is 5.32 Å². The molecule has 0 saturated carbocycles. The van der Waals surface area contributed by atoms with Crippen LogP contribution in [0.2, 0.25) is 0 Å². The molecule has 1 aromatic carbocycles. The molecule has 0 saturated heterocycles. The zero-order valence-corrected chi connectivity index (χ0v) is 11.5. The Morgan fingerprint density at radius 3 is 2.65 bits per heavy atom. The Kier molecular flexibility index (Phi) is 5.69. The molecule has 1 atom stereocenters. The van der Waals surface area contributed by atoms with Crippen LogP contribution in [0.1, 0.15) is 18.9 Å². The highest BCUT2D eigenvalue weighted by atomic mass is 16.4. The highest BCUT2D eigenvalue weighted by Gasteiger charge is 2.22. The van der Waals surface area contributed by atoms with Gasteiger partial charge in [0, 0.05) is 0 Å². The monoisotopic (exact) mass is 275 g/mol. The van der Waals surface area contributed by atoms with E-state index in [1.54, 1.807) is 38.2 Å². The molecule has 0 heterocycles. The lowest BCUT2D eigenvalue weighted by Gasteiger charge is -2.22. The average molecular weight is 275 g/mol. The summed E-state index contributed by atoms with van der Waals surface area (Å²) in [5.41, 5.74) is 0.797. The molecular formula is C14H17N3O3. The number of rotatable bonds is 6. The molecule has 0 bridgehead atoms. The van der Waals surface area contributed by atoms with E-state index >= 15 is 0 Å². The van der Waals surface area contributed by atoms with Crippen molar-refractivity contribution >= 4 is 17.6 Å². The number of nitrogens with zero attached hydrogens (tertiary/aromatic N) is 2. The van der Waals surface area contributed by atoms with Crippen molar-refractivity contribution in [1.29, 1.82) is 5.26 Å². The van der Waals surface area contributed by atoms with Crippen LogP contribution in [0.25, 0.3) is 0 Å². The number of hydrogen-bond acceptors (Lipinski definition) is 4. The number of nitrogens with one attached hydrogen (secondary N) is 1. The Bertz CT molecular complexity index is 537. The van der Waals surface area contributed by atoms with Crippen molar-refractivity contribution in [2.24, 2.45) is 0 Å². The number of carboxylic acids is 1. The van der Waals surface area contributed by atoms with Gasteiger partial charge in [-0.1, -0.05) is 19.1 Å². The van der Waals surface area contributed by atoms with Crippen molar-refractivity contribution in [2.45, 2.75) is 19.4 Å². The summed E-state index contributed by atoms with van der Waals surface area (Å²) in [6.07, 6.45) is 0.411. The smallest absolute Gasteiger partial charge is 0.320 e. The molecule has 0 spiro atoms. The van der Waals surface area contributed by atoms with E-state index in [1.807, 2.05) is 6.07 Å². The van der Waals surface area contributed by atoms with Crippen molar-refractivity contribution in [2.75, 3.05) is 18.9 Å². The van der Waals surface area contributed by atoms with E-state index < -0.39 is 12.0 Å². The second kappa shape index (κ2) is 7.26. The van der Waals surface area contributed by atoms with Gasteiger partial charge in [-0.2, -0.15) is 5.26 Å². The Morgan fingerprint density at radius 2 is 2.10 bits per heavy atom. The van der Waals surface area contributed by atoms with Gasteiger partial charge in [0.15, 0.2) is 0 Å². The van der Waals surface area contributed by atoms with Crippen molar-refractivity contribution in [3.05, 3.63) is 29.8 Å². The minimum absolute atomic E-state index is 0.0510. The zero-order chi connectivity index (χ0) is 15.1. The third-order valence-corrected chi connectivity index (χ3v) is 2.92. The predicted molar refractivity (Wildman–Crippen MR) is 74.1 cm³/mol. The number of benzene rings is 1. The fourth-order valence-corrected chi connectivity index (χ4v) is 1.89. The van der Waals surface area contributed by atoms with Crippen molar-refractivity contribution in [1.82, 2.24) is 4.90 Å². The summed E-state index contributed by atoms with van der Waals surface area (Å²) < 4.78 is 0. The molecule has 0 fully saturated rings. The molecule has 6 nitrogen and oxygen atoms in total. The van der Waals surface area contributed by atoms with Gasteiger partial charge in [-0.15, -0.1) is 0 Å². The fraction of sp³-hybridized carbons (Fsp3) is 0.357. The lowest BCUT2D eigenvalue weighted by atomic mass is 10.2. The van der Waals surface area contributed by atoms with Crippen LogP contribution in [-0.2, 0) is 9.59 Å². The van der Waals surface area contributed by atoms with Crippen LogP contribution >= 0.6 is 0 Å². The van der Waals surface area contributed by atoms with E-state index in [4.69, 9.17) is 10.4 Å². The third-order valence-electron chi connectivity index (χ3n) is 2.92. The van der Waals surface area contributed by atoms with Crippen molar-refractivity contribution < 1.29 is 14.7 Å². The topological polar surface area (TPSA) is 93.4 Å². The molecule has 1 unspecified atom stereocenters. The average Bonchev–Trinajstić information content (AvgIpc) is 2.39. The first-order valence-corrected chi connectivity index (χ1v) is 6.21. The van der Waals surface area contributed by atoms with Gasteiger partial charge in [-0.05, 0) is 25.6 Å². The van der Waals surface area contributed by atoms with E-state index in [9.17, 15) is 9.59 Å². The number of anilines is 1. The molecule has 1 rings (SSSR count). The molecule has 1 aromatic rings. The largest absolute Gasteiger partial charge is 0.480 e. The van der Waals surface area contributed by atoms with Crippen LogP contribution in [0.3, 0.4) is 0 Å². The van der Waals surface area contributed by atoms with E-state index in [0.29, 0.717) is 17.7 Å². The summed E-state index contributed by atoms with van der Waals surface area (Å²) in [4.78, 5) is 24.3. The number of carbonyl (C=O) groups is 2. The van der Waals surface area contributed by atoms with Crippen LogP contribution in [0.5, 0.6) is 0 Å². The maximum atomic E-state index is 11.9. The van der Waals surface area contributed by atoms with Gasteiger partial charge in [0.2, 0.25) is 5.91 Å². The van der Waals surface area contributed by atoms with E-state index in [-0.39, 0.29) is 12.5 Å². The number of likely N-dealkylation sites (N-methyl/N-ethyl adjacent to an activating group) is 1. The van der Waals surface area contributed by atoms with Gasteiger partial charge >= 0.3 is 5.97 Å². The SMILES string of the molecule is CCC(C(=O)O)N(C)CC(=O)Nc1ccccc1C#N. The molecule has 106 valence electrons. The molecule has 1 amide bonds. The van der Waals surface area contributed by atoms with E-state index in [1.165, 1.54) is 4.90 Å². The van der Waals surface area contributed by atoms with Crippen molar-refractivity contribution in [3.8, 4) is 6.07 Å². The van der Waals surface area contributed by atoms with Gasteiger partial charge in [0.05, 0.1) is 17.8 Å². The van der Waals surface area contributed by atoms with Gasteiger partial charge in [-0.3, -0.25) is 14.5 Å². The first-order valence-electron chi connectivity index (χ1n) is 6.21. The number of carbonyl (C=O) groups excluding carboxylic acids is 1. The summed E-state index contributed by atoms with van der Waals surface area (Å²) in [5.74, 6) is -1.31. The van der Waals surface area contributed by atoms with Gasteiger partial charge in [0.25, 0.3) is 0 Å². The highest BCUT2D eigenvalue weighted by Crippen LogP contribution is 2.13. The fourth-order valence-electron chi connectivity index (χ4n) is 1.89. The standard InChI is InChI=1S/C14H17N3O3/c1-3-12(14(19)20)17(2)9-13(18)16-11-7-5-4-6-10(11)8-15/h4-7,12H,3,9H2,1-2H3,(H,16,18)(H,19,20). The number of hydrogen-bond donors (Lipinski definition) is 2. The van der Waals surface area contributed by atoms with Gasteiger partial charge < -0.3 is 10.4 Å². The predicted octanol–water partition coefficient (Wildman–Crippen LogP) is 1.29. The molecule has 0 radical (unpaired) electrons.